The number of nitrogens with one attached hydrogen (secondary N) is 2. The zero-order chi connectivity index (χ0) is 20.7. The third kappa shape index (κ3) is 3.22. The lowest BCUT2D eigenvalue weighted by Crippen LogP contribution is -2.38. The Morgan fingerprint density at radius 1 is 1.10 bits per heavy atom. The molecule has 1 aliphatic rings. The standard InChI is InChI=1S/C21H18F2N6O/c22-12-8-9-16-14(11-12)19-27-18(13-5-1-2-6-15(13)23)28-29(19)21(25-16)26-17-7-3-4-10-24-20(17)30/h1-2,5-6,8-9,11,17H,3-4,7,10H2,(H,24,30)(H,25,26)/t17-/m1/s1. The second-order valence-corrected chi connectivity index (χ2v) is 7.23. The summed E-state index contributed by atoms with van der Waals surface area (Å²) in [7, 11) is 0. The van der Waals surface area contributed by atoms with Gasteiger partial charge in [-0.1, -0.05) is 12.1 Å². The van der Waals surface area contributed by atoms with Crippen molar-refractivity contribution in [2.75, 3.05) is 11.9 Å². The van der Waals surface area contributed by atoms with Crippen LogP contribution in [0.15, 0.2) is 42.5 Å². The number of benzene rings is 2. The SMILES string of the molecule is O=C1NCCCC[C@H]1Nc1nc2ccc(F)cc2c2nc(-c3ccccc3F)nn12. The molecule has 2 N–H and O–H groups in total. The van der Waals surface area contributed by atoms with Gasteiger partial charge in [0.1, 0.15) is 17.7 Å². The Morgan fingerprint density at radius 3 is 2.83 bits per heavy atom. The highest BCUT2D eigenvalue weighted by atomic mass is 19.1. The maximum absolute atomic E-state index is 14.3. The average Bonchev–Trinajstić information content (AvgIpc) is 3.09. The number of hydrogen-bond acceptors (Lipinski definition) is 5. The summed E-state index contributed by atoms with van der Waals surface area (Å²) in [6.45, 7) is 0.637. The van der Waals surface area contributed by atoms with Gasteiger partial charge in [0.2, 0.25) is 11.9 Å². The summed E-state index contributed by atoms with van der Waals surface area (Å²) in [6.07, 6.45) is 2.44. The van der Waals surface area contributed by atoms with Crippen molar-refractivity contribution in [3.63, 3.8) is 0 Å². The van der Waals surface area contributed by atoms with Crippen LogP contribution in [0.3, 0.4) is 0 Å². The fraction of sp³-hybridized carbons (Fsp3) is 0.238. The molecule has 0 aliphatic carbocycles. The molecule has 1 aliphatic heterocycles. The van der Waals surface area contributed by atoms with Crippen LogP contribution in [-0.4, -0.2) is 38.1 Å². The highest BCUT2D eigenvalue weighted by Crippen LogP contribution is 2.26. The summed E-state index contributed by atoms with van der Waals surface area (Å²) >= 11 is 0. The van der Waals surface area contributed by atoms with E-state index >= 15 is 0 Å². The van der Waals surface area contributed by atoms with E-state index < -0.39 is 17.7 Å². The van der Waals surface area contributed by atoms with Gasteiger partial charge in [-0.25, -0.2) is 18.7 Å². The van der Waals surface area contributed by atoms with E-state index in [1.807, 2.05) is 0 Å². The number of hydrogen-bond donors (Lipinski definition) is 2. The van der Waals surface area contributed by atoms with Crippen LogP contribution in [0, 0.1) is 11.6 Å². The maximum Gasteiger partial charge on any atom is 0.242 e. The highest BCUT2D eigenvalue weighted by Gasteiger charge is 2.24. The first kappa shape index (κ1) is 18.4. The molecule has 2 aromatic carbocycles. The van der Waals surface area contributed by atoms with Gasteiger partial charge in [0, 0.05) is 11.9 Å². The number of nitrogens with zero attached hydrogens (tertiary/aromatic N) is 4. The molecule has 9 heteroatoms. The van der Waals surface area contributed by atoms with Crippen LogP contribution in [0.25, 0.3) is 27.9 Å². The lowest BCUT2D eigenvalue weighted by Gasteiger charge is -2.16. The van der Waals surface area contributed by atoms with E-state index in [0.717, 1.165) is 12.8 Å². The average molecular weight is 408 g/mol. The Bertz CT molecular complexity index is 1270. The van der Waals surface area contributed by atoms with Crippen molar-refractivity contribution in [3.8, 4) is 11.4 Å². The van der Waals surface area contributed by atoms with E-state index in [-0.39, 0.29) is 17.3 Å². The van der Waals surface area contributed by atoms with Gasteiger partial charge in [0.25, 0.3) is 0 Å². The minimum atomic E-state index is -0.484. The van der Waals surface area contributed by atoms with Crippen LogP contribution < -0.4 is 10.6 Å². The van der Waals surface area contributed by atoms with Crippen molar-refractivity contribution in [2.45, 2.75) is 25.3 Å². The van der Waals surface area contributed by atoms with Crippen molar-refractivity contribution in [1.29, 1.82) is 0 Å². The third-order valence-corrected chi connectivity index (χ3v) is 5.19. The lowest BCUT2D eigenvalue weighted by molar-refractivity contribution is -0.121. The largest absolute Gasteiger partial charge is 0.354 e. The van der Waals surface area contributed by atoms with Crippen molar-refractivity contribution in [1.82, 2.24) is 24.9 Å². The van der Waals surface area contributed by atoms with E-state index in [9.17, 15) is 13.6 Å². The van der Waals surface area contributed by atoms with Crippen LogP contribution >= 0.6 is 0 Å². The van der Waals surface area contributed by atoms with E-state index in [0.29, 0.717) is 35.5 Å². The summed E-state index contributed by atoms with van der Waals surface area (Å²) in [5.74, 6) is -0.572. The molecule has 152 valence electrons. The van der Waals surface area contributed by atoms with Crippen molar-refractivity contribution in [3.05, 3.63) is 54.1 Å². The van der Waals surface area contributed by atoms with Crippen LogP contribution in [0.4, 0.5) is 14.7 Å². The Hall–Kier alpha value is -3.62. The number of aromatic nitrogens is 4. The van der Waals surface area contributed by atoms with Gasteiger partial charge in [0.15, 0.2) is 11.5 Å². The molecule has 1 fully saturated rings. The summed E-state index contributed by atoms with van der Waals surface area (Å²) in [4.78, 5) is 21.4. The fourth-order valence-electron chi connectivity index (χ4n) is 3.66. The number of carbonyl (C=O) groups excluding carboxylic acids is 1. The minimum Gasteiger partial charge on any atom is -0.354 e. The molecule has 1 saturated heterocycles. The number of amides is 1. The first-order valence-corrected chi connectivity index (χ1v) is 9.75. The number of rotatable bonds is 3. The first-order chi connectivity index (χ1) is 14.6. The topological polar surface area (TPSA) is 84.2 Å². The van der Waals surface area contributed by atoms with E-state index in [1.165, 1.54) is 22.7 Å². The monoisotopic (exact) mass is 408 g/mol. The molecule has 30 heavy (non-hydrogen) atoms. The molecule has 0 saturated carbocycles. The summed E-state index contributed by atoms with van der Waals surface area (Å²) < 4.78 is 29.6. The second kappa shape index (κ2) is 7.33. The normalized spacial score (nSPS) is 17.1. The van der Waals surface area contributed by atoms with E-state index in [4.69, 9.17) is 0 Å². The molecule has 2 aromatic heterocycles. The summed E-state index contributed by atoms with van der Waals surface area (Å²) in [5.41, 5.74) is 1.05. The summed E-state index contributed by atoms with van der Waals surface area (Å²) in [6, 6.07) is 9.86. The quantitative estimate of drug-likeness (QED) is 0.543. The highest BCUT2D eigenvalue weighted by molar-refractivity contribution is 5.93. The molecule has 1 amide bonds. The van der Waals surface area contributed by atoms with Gasteiger partial charge in [-0.3, -0.25) is 4.79 Å². The molecule has 0 bridgehead atoms. The van der Waals surface area contributed by atoms with Crippen LogP contribution in [0.2, 0.25) is 0 Å². The predicted octanol–water partition coefficient (Wildman–Crippen LogP) is 3.30. The van der Waals surface area contributed by atoms with Crippen LogP contribution in [0.1, 0.15) is 19.3 Å². The molecule has 3 heterocycles. The van der Waals surface area contributed by atoms with Gasteiger partial charge >= 0.3 is 0 Å². The molecule has 5 rings (SSSR count). The van der Waals surface area contributed by atoms with Crippen molar-refractivity contribution < 1.29 is 13.6 Å². The molecule has 0 unspecified atom stereocenters. The molecular formula is C21H18F2N6O. The fourth-order valence-corrected chi connectivity index (χ4v) is 3.66. The molecule has 0 radical (unpaired) electrons. The number of anilines is 1. The van der Waals surface area contributed by atoms with Gasteiger partial charge in [-0.2, -0.15) is 4.52 Å². The predicted molar refractivity (Wildman–Crippen MR) is 108 cm³/mol. The number of fused-ring (bicyclic) bond motifs is 3. The maximum atomic E-state index is 14.3. The zero-order valence-electron chi connectivity index (χ0n) is 15.9. The van der Waals surface area contributed by atoms with Crippen molar-refractivity contribution >= 4 is 28.4 Å². The Labute approximate surface area is 170 Å². The van der Waals surface area contributed by atoms with Gasteiger partial charge < -0.3 is 10.6 Å². The molecular weight excluding hydrogens is 390 g/mol. The Morgan fingerprint density at radius 2 is 1.97 bits per heavy atom. The summed E-state index contributed by atoms with van der Waals surface area (Å²) in [5, 5.41) is 10.9. The zero-order valence-corrected chi connectivity index (χ0v) is 15.9. The van der Waals surface area contributed by atoms with Gasteiger partial charge in [-0.05, 0) is 49.6 Å². The van der Waals surface area contributed by atoms with E-state index in [2.05, 4.69) is 25.7 Å². The van der Waals surface area contributed by atoms with Crippen LogP contribution in [0.5, 0.6) is 0 Å². The number of halogens is 2. The van der Waals surface area contributed by atoms with Gasteiger partial charge in [-0.15, -0.1) is 5.10 Å². The Balaban J connectivity index is 1.70. The van der Waals surface area contributed by atoms with Crippen molar-refractivity contribution in [2.24, 2.45) is 0 Å². The molecule has 7 nitrogen and oxygen atoms in total. The smallest absolute Gasteiger partial charge is 0.242 e. The first-order valence-electron chi connectivity index (χ1n) is 9.75. The molecule has 4 aromatic rings. The molecule has 0 spiro atoms. The van der Waals surface area contributed by atoms with E-state index in [1.54, 1.807) is 24.3 Å². The van der Waals surface area contributed by atoms with Gasteiger partial charge in [0.05, 0.1) is 11.1 Å². The third-order valence-electron chi connectivity index (χ3n) is 5.19. The minimum absolute atomic E-state index is 0.115. The number of carbonyl (C=O) groups is 1. The Kier molecular flexibility index (Phi) is 4.50. The second-order valence-electron chi connectivity index (χ2n) is 7.23. The van der Waals surface area contributed by atoms with Crippen LogP contribution in [-0.2, 0) is 4.79 Å². The molecule has 1 atom stereocenters. The lowest BCUT2D eigenvalue weighted by atomic mass is 10.1.